The number of aromatic nitrogens is 2. The molecule has 0 saturated carbocycles. The number of hydrogen-bond acceptors (Lipinski definition) is 4. The molecule has 2 aromatic rings. The maximum Gasteiger partial charge on any atom is 0.274 e. The Bertz CT molecular complexity index is 659. The summed E-state index contributed by atoms with van der Waals surface area (Å²) >= 11 is 0. The van der Waals surface area contributed by atoms with Gasteiger partial charge < -0.3 is 9.88 Å². The number of nitrogens with one attached hydrogen (secondary N) is 1. The van der Waals surface area contributed by atoms with E-state index in [1.54, 1.807) is 24.5 Å². The summed E-state index contributed by atoms with van der Waals surface area (Å²) < 4.78 is 2.02. The number of rotatable bonds is 4. The lowest BCUT2D eigenvalue weighted by Gasteiger charge is -2.24. The number of para-hydroxylation sites is 1. The smallest absolute Gasteiger partial charge is 0.274 e. The largest absolute Gasteiger partial charge is 0.329 e. The molecule has 0 radical (unpaired) electrons. The number of imidazole rings is 1. The second kappa shape index (κ2) is 5.29. The van der Waals surface area contributed by atoms with Crippen molar-refractivity contribution in [1.82, 2.24) is 14.9 Å². The van der Waals surface area contributed by atoms with Gasteiger partial charge in [-0.05, 0) is 13.0 Å². The Morgan fingerprint density at radius 3 is 3.00 bits per heavy atom. The topological polar surface area (TPSA) is 73.0 Å². The molecule has 110 valence electrons. The lowest BCUT2D eigenvalue weighted by Crippen LogP contribution is -2.28. The Hall–Kier alpha value is -2.21. The summed E-state index contributed by atoms with van der Waals surface area (Å²) in [7, 11) is 0. The van der Waals surface area contributed by atoms with Gasteiger partial charge in [0.25, 0.3) is 5.69 Å². The van der Waals surface area contributed by atoms with Crippen LogP contribution in [0.3, 0.4) is 0 Å². The van der Waals surface area contributed by atoms with Crippen molar-refractivity contribution in [3.63, 3.8) is 0 Å². The quantitative estimate of drug-likeness (QED) is 0.690. The van der Waals surface area contributed by atoms with Crippen LogP contribution < -0.4 is 5.32 Å². The number of benzene rings is 1. The zero-order chi connectivity index (χ0) is 14.9. The van der Waals surface area contributed by atoms with Crippen LogP contribution in [-0.4, -0.2) is 27.6 Å². The van der Waals surface area contributed by atoms with Gasteiger partial charge in [-0.15, -0.1) is 0 Å². The van der Waals surface area contributed by atoms with Crippen molar-refractivity contribution in [2.75, 3.05) is 13.1 Å². The van der Waals surface area contributed by atoms with Gasteiger partial charge in [-0.25, -0.2) is 4.98 Å². The van der Waals surface area contributed by atoms with Gasteiger partial charge in [0.2, 0.25) is 0 Å². The molecule has 2 heterocycles. The third kappa shape index (κ3) is 2.54. The molecule has 1 atom stereocenters. The van der Waals surface area contributed by atoms with Crippen molar-refractivity contribution in [2.45, 2.75) is 25.3 Å². The molecule has 1 fully saturated rings. The van der Waals surface area contributed by atoms with E-state index in [0.29, 0.717) is 12.1 Å². The van der Waals surface area contributed by atoms with Crippen LogP contribution >= 0.6 is 0 Å². The van der Waals surface area contributed by atoms with Crippen molar-refractivity contribution >= 4 is 5.69 Å². The van der Waals surface area contributed by atoms with Crippen molar-refractivity contribution in [2.24, 2.45) is 0 Å². The van der Waals surface area contributed by atoms with Crippen LogP contribution in [0, 0.1) is 10.1 Å². The Kier molecular flexibility index (Phi) is 3.47. The van der Waals surface area contributed by atoms with Gasteiger partial charge in [0.05, 0.1) is 17.8 Å². The van der Waals surface area contributed by atoms with E-state index >= 15 is 0 Å². The minimum Gasteiger partial charge on any atom is -0.329 e. The van der Waals surface area contributed by atoms with E-state index < -0.39 is 0 Å². The lowest BCUT2D eigenvalue weighted by atomic mass is 9.86. The maximum absolute atomic E-state index is 11.1. The average molecular weight is 286 g/mol. The monoisotopic (exact) mass is 286 g/mol. The van der Waals surface area contributed by atoms with Gasteiger partial charge in [0.1, 0.15) is 0 Å². The van der Waals surface area contributed by atoms with E-state index in [9.17, 15) is 10.1 Å². The predicted molar refractivity (Wildman–Crippen MR) is 79.3 cm³/mol. The van der Waals surface area contributed by atoms with Crippen molar-refractivity contribution < 1.29 is 4.92 Å². The summed E-state index contributed by atoms with van der Waals surface area (Å²) in [6, 6.07) is 6.87. The Morgan fingerprint density at radius 1 is 1.48 bits per heavy atom. The summed E-state index contributed by atoms with van der Waals surface area (Å²) in [4.78, 5) is 15.0. The minimum atomic E-state index is -0.329. The first-order chi connectivity index (χ1) is 10.1. The standard InChI is InChI=1S/C15H18N4O2/c1-15(6-7-16-10-15)14-8-17-11-18(14)9-12-4-2-3-5-13(12)19(20)21/h2-5,8,11,16H,6-7,9-10H2,1H3. The second-order valence-electron chi connectivity index (χ2n) is 5.78. The zero-order valence-electron chi connectivity index (χ0n) is 12.0. The molecule has 3 rings (SSSR count). The summed E-state index contributed by atoms with van der Waals surface area (Å²) in [5.74, 6) is 0. The molecule has 1 aliphatic rings. The van der Waals surface area contributed by atoms with E-state index in [1.807, 2.05) is 16.8 Å². The highest BCUT2D eigenvalue weighted by molar-refractivity contribution is 5.40. The number of nitrogens with zero attached hydrogens (tertiary/aromatic N) is 3. The van der Waals surface area contributed by atoms with Crippen LogP contribution in [0.4, 0.5) is 5.69 Å². The molecule has 0 aliphatic carbocycles. The van der Waals surface area contributed by atoms with Crippen LogP contribution in [0.2, 0.25) is 0 Å². The molecule has 1 aromatic carbocycles. The first-order valence-electron chi connectivity index (χ1n) is 7.04. The SMILES string of the molecule is CC1(c2cncn2Cc2ccccc2[N+](=O)[O-])CCNC1. The molecule has 1 unspecified atom stereocenters. The number of nitro benzene ring substituents is 1. The first-order valence-corrected chi connectivity index (χ1v) is 7.04. The number of nitro groups is 1. The molecule has 21 heavy (non-hydrogen) atoms. The fraction of sp³-hybridized carbons (Fsp3) is 0.400. The summed E-state index contributed by atoms with van der Waals surface area (Å²) in [6.45, 7) is 4.59. The van der Waals surface area contributed by atoms with Crippen molar-refractivity contribution in [3.8, 4) is 0 Å². The van der Waals surface area contributed by atoms with Crippen LogP contribution in [0.5, 0.6) is 0 Å². The third-order valence-electron chi connectivity index (χ3n) is 4.23. The predicted octanol–water partition coefficient (Wildman–Crippen LogP) is 2.09. The Balaban J connectivity index is 1.94. The van der Waals surface area contributed by atoms with Crippen LogP contribution in [-0.2, 0) is 12.0 Å². The molecule has 1 aromatic heterocycles. The van der Waals surface area contributed by atoms with Gasteiger partial charge in [0.15, 0.2) is 0 Å². The molecule has 1 aliphatic heterocycles. The highest BCUT2D eigenvalue weighted by atomic mass is 16.6. The first kappa shape index (κ1) is 13.8. The Labute approximate surface area is 123 Å². The van der Waals surface area contributed by atoms with Crippen molar-refractivity contribution in [3.05, 3.63) is 58.2 Å². The molecule has 0 spiro atoms. The van der Waals surface area contributed by atoms with E-state index in [-0.39, 0.29) is 16.0 Å². The molecular weight excluding hydrogens is 268 g/mol. The lowest BCUT2D eigenvalue weighted by molar-refractivity contribution is -0.385. The molecule has 6 nitrogen and oxygen atoms in total. The van der Waals surface area contributed by atoms with Crippen molar-refractivity contribution in [1.29, 1.82) is 0 Å². The molecule has 0 amide bonds. The van der Waals surface area contributed by atoms with Crippen LogP contribution in [0.15, 0.2) is 36.8 Å². The third-order valence-corrected chi connectivity index (χ3v) is 4.23. The van der Waals surface area contributed by atoms with Crippen LogP contribution in [0.1, 0.15) is 24.6 Å². The molecule has 0 bridgehead atoms. The van der Waals surface area contributed by atoms with Crippen LogP contribution in [0.25, 0.3) is 0 Å². The normalized spacial score (nSPS) is 21.6. The fourth-order valence-corrected chi connectivity index (χ4v) is 2.99. The molecule has 1 N–H and O–H groups in total. The van der Waals surface area contributed by atoms with E-state index in [0.717, 1.165) is 25.2 Å². The molecule has 6 heteroatoms. The van der Waals surface area contributed by atoms with Gasteiger partial charge in [-0.3, -0.25) is 10.1 Å². The number of hydrogen-bond donors (Lipinski definition) is 1. The average Bonchev–Trinajstić information content (AvgIpc) is 3.09. The second-order valence-corrected chi connectivity index (χ2v) is 5.78. The highest BCUT2D eigenvalue weighted by Gasteiger charge is 2.33. The van der Waals surface area contributed by atoms with E-state index in [2.05, 4.69) is 17.2 Å². The molecular formula is C15H18N4O2. The zero-order valence-corrected chi connectivity index (χ0v) is 12.0. The summed E-state index contributed by atoms with van der Waals surface area (Å²) in [6.07, 6.45) is 4.69. The highest BCUT2D eigenvalue weighted by Crippen LogP contribution is 2.30. The summed E-state index contributed by atoms with van der Waals surface area (Å²) in [5.41, 5.74) is 2.04. The van der Waals surface area contributed by atoms with Gasteiger partial charge >= 0.3 is 0 Å². The van der Waals surface area contributed by atoms with E-state index in [4.69, 9.17) is 0 Å². The summed E-state index contributed by atoms with van der Waals surface area (Å²) in [5, 5.41) is 14.5. The van der Waals surface area contributed by atoms with Gasteiger partial charge in [0, 0.05) is 35.5 Å². The fourth-order valence-electron chi connectivity index (χ4n) is 2.99. The maximum atomic E-state index is 11.1. The van der Waals surface area contributed by atoms with E-state index in [1.165, 1.54) is 0 Å². The van der Waals surface area contributed by atoms with Gasteiger partial charge in [-0.1, -0.05) is 25.1 Å². The Morgan fingerprint density at radius 2 is 2.29 bits per heavy atom. The van der Waals surface area contributed by atoms with Gasteiger partial charge in [-0.2, -0.15) is 0 Å². The molecule has 1 saturated heterocycles. The minimum absolute atomic E-state index is 0.0417.